The van der Waals surface area contributed by atoms with Crippen molar-refractivity contribution in [1.82, 2.24) is 5.43 Å². The molecular formula is C22H17Cl2N3O4S. The zero-order valence-electron chi connectivity index (χ0n) is 16.7. The average molecular weight is 490 g/mol. The third-order valence-electron chi connectivity index (χ3n) is 4.08. The van der Waals surface area contributed by atoms with Gasteiger partial charge < -0.3 is 4.74 Å². The number of hydrazone groups is 1. The number of nitro groups is 1. The van der Waals surface area contributed by atoms with Gasteiger partial charge in [0.25, 0.3) is 11.6 Å². The standard InChI is InChI=1S/C22H17Cl2N3O4S/c1-14-2-6-17(7-3-14)32-21-9-4-15(10-19(21)27(29)30)12-25-26-22(28)13-31-20-8-5-16(23)11-18(20)24/h2-12H,13H2,1H3,(H,26,28)/b25-12+. The minimum atomic E-state index is -0.520. The van der Waals surface area contributed by atoms with Gasteiger partial charge in [0.15, 0.2) is 6.61 Å². The molecule has 7 nitrogen and oxygen atoms in total. The van der Waals surface area contributed by atoms with E-state index in [1.807, 2.05) is 31.2 Å². The van der Waals surface area contributed by atoms with E-state index in [2.05, 4.69) is 10.5 Å². The molecule has 0 radical (unpaired) electrons. The van der Waals surface area contributed by atoms with Crippen LogP contribution in [0.4, 0.5) is 5.69 Å². The maximum absolute atomic E-state index is 11.9. The van der Waals surface area contributed by atoms with Gasteiger partial charge >= 0.3 is 0 Å². The second-order valence-corrected chi connectivity index (χ2v) is 8.51. The highest BCUT2D eigenvalue weighted by Crippen LogP contribution is 2.35. The molecule has 0 bridgehead atoms. The Balaban J connectivity index is 1.61. The molecule has 0 fully saturated rings. The number of aryl methyl sites for hydroxylation is 1. The highest BCUT2D eigenvalue weighted by atomic mass is 35.5. The number of nitrogens with one attached hydrogen (secondary N) is 1. The van der Waals surface area contributed by atoms with Crippen LogP contribution < -0.4 is 10.2 Å². The highest BCUT2D eigenvalue weighted by Gasteiger charge is 2.15. The molecule has 0 spiro atoms. The lowest BCUT2D eigenvalue weighted by atomic mass is 10.2. The van der Waals surface area contributed by atoms with Crippen molar-refractivity contribution >= 4 is 52.8 Å². The number of carbonyl (C=O) groups is 1. The monoisotopic (exact) mass is 489 g/mol. The van der Waals surface area contributed by atoms with Crippen molar-refractivity contribution < 1.29 is 14.5 Å². The maximum Gasteiger partial charge on any atom is 0.283 e. The van der Waals surface area contributed by atoms with Crippen molar-refractivity contribution in [3.63, 3.8) is 0 Å². The summed E-state index contributed by atoms with van der Waals surface area (Å²) in [7, 11) is 0. The van der Waals surface area contributed by atoms with Gasteiger partial charge in [-0.25, -0.2) is 5.43 Å². The Morgan fingerprint density at radius 3 is 2.59 bits per heavy atom. The summed E-state index contributed by atoms with van der Waals surface area (Å²) in [6.07, 6.45) is 1.32. The molecule has 3 rings (SSSR count). The van der Waals surface area contributed by atoms with Gasteiger partial charge in [0.1, 0.15) is 5.75 Å². The number of benzene rings is 3. The van der Waals surface area contributed by atoms with Gasteiger partial charge in [-0.2, -0.15) is 5.10 Å². The van der Waals surface area contributed by atoms with E-state index in [9.17, 15) is 14.9 Å². The van der Waals surface area contributed by atoms with Crippen LogP contribution in [0.5, 0.6) is 5.75 Å². The summed E-state index contributed by atoms with van der Waals surface area (Å²) in [5.41, 5.74) is 3.83. The Hall–Kier alpha value is -3.07. The average Bonchev–Trinajstić information content (AvgIpc) is 2.75. The molecule has 32 heavy (non-hydrogen) atoms. The van der Waals surface area contributed by atoms with Gasteiger partial charge in [0.2, 0.25) is 0 Å². The van der Waals surface area contributed by atoms with Crippen LogP contribution >= 0.6 is 35.0 Å². The van der Waals surface area contributed by atoms with Crippen molar-refractivity contribution in [1.29, 1.82) is 0 Å². The van der Waals surface area contributed by atoms with Gasteiger partial charge in [0.05, 0.1) is 21.1 Å². The summed E-state index contributed by atoms with van der Waals surface area (Å²) < 4.78 is 5.32. The van der Waals surface area contributed by atoms with Crippen LogP contribution in [0.2, 0.25) is 10.0 Å². The van der Waals surface area contributed by atoms with Gasteiger partial charge in [-0.1, -0.05) is 58.7 Å². The number of hydrogen-bond acceptors (Lipinski definition) is 6. The van der Waals surface area contributed by atoms with Crippen molar-refractivity contribution in [2.75, 3.05) is 6.61 Å². The lowest BCUT2D eigenvalue weighted by Crippen LogP contribution is -2.24. The lowest BCUT2D eigenvalue weighted by Gasteiger charge is -2.07. The minimum Gasteiger partial charge on any atom is -0.482 e. The molecule has 0 unspecified atom stereocenters. The van der Waals surface area contributed by atoms with Crippen LogP contribution in [0.25, 0.3) is 0 Å². The largest absolute Gasteiger partial charge is 0.482 e. The smallest absolute Gasteiger partial charge is 0.283 e. The predicted octanol–water partition coefficient (Wildman–Crippen LogP) is 5.89. The molecule has 1 amide bonds. The third-order valence-corrected chi connectivity index (χ3v) is 5.69. The number of nitrogens with zero attached hydrogens (tertiary/aromatic N) is 2. The van der Waals surface area contributed by atoms with Crippen LogP contribution in [-0.4, -0.2) is 23.7 Å². The van der Waals surface area contributed by atoms with E-state index in [1.54, 1.807) is 24.3 Å². The van der Waals surface area contributed by atoms with Crippen LogP contribution in [-0.2, 0) is 4.79 Å². The Kier molecular flexibility index (Phi) is 8.10. The Morgan fingerprint density at radius 2 is 1.91 bits per heavy atom. The molecule has 3 aromatic rings. The maximum atomic E-state index is 11.9. The molecule has 0 aliphatic heterocycles. The van der Waals surface area contributed by atoms with E-state index in [4.69, 9.17) is 27.9 Å². The quantitative estimate of drug-likeness (QED) is 0.241. The minimum absolute atomic E-state index is 0.0495. The lowest BCUT2D eigenvalue weighted by molar-refractivity contribution is -0.387. The van der Waals surface area contributed by atoms with E-state index in [-0.39, 0.29) is 17.3 Å². The topological polar surface area (TPSA) is 93.8 Å². The Morgan fingerprint density at radius 1 is 1.16 bits per heavy atom. The molecule has 0 saturated heterocycles. The number of hydrogen-bond donors (Lipinski definition) is 1. The summed E-state index contributed by atoms with van der Waals surface area (Å²) in [4.78, 5) is 24.4. The van der Waals surface area contributed by atoms with Crippen LogP contribution in [0.1, 0.15) is 11.1 Å². The van der Waals surface area contributed by atoms with Crippen molar-refractivity contribution in [3.05, 3.63) is 92.0 Å². The summed E-state index contributed by atoms with van der Waals surface area (Å²) >= 11 is 13.1. The van der Waals surface area contributed by atoms with Gasteiger partial charge in [-0.15, -0.1) is 0 Å². The Bertz CT molecular complexity index is 1170. The molecular weight excluding hydrogens is 473 g/mol. The normalized spacial score (nSPS) is 10.8. The first-order chi connectivity index (χ1) is 15.3. The van der Waals surface area contributed by atoms with Crippen molar-refractivity contribution in [2.45, 2.75) is 16.7 Å². The van der Waals surface area contributed by atoms with Crippen molar-refractivity contribution in [2.24, 2.45) is 5.10 Å². The fourth-order valence-corrected chi connectivity index (χ4v) is 3.89. The molecule has 164 valence electrons. The number of carbonyl (C=O) groups excluding carboxylic acids is 1. The Labute approximate surface area is 198 Å². The summed E-state index contributed by atoms with van der Waals surface area (Å²) in [5.74, 6) is -0.208. The second kappa shape index (κ2) is 11.0. The first-order valence-corrected chi connectivity index (χ1v) is 10.8. The molecule has 0 aliphatic rings. The number of halogens is 2. The number of amides is 1. The fraction of sp³-hybridized carbons (Fsp3) is 0.0909. The zero-order chi connectivity index (χ0) is 23.1. The molecule has 0 atom stereocenters. The highest BCUT2D eigenvalue weighted by molar-refractivity contribution is 7.99. The van der Waals surface area contributed by atoms with Gasteiger partial charge in [0, 0.05) is 21.5 Å². The third kappa shape index (κ3) is 6.71. The number of rotatable bonds is 8. The van der Waals surface area contributed by atoms with Gasteiger partial charge in [-0.05, 0) is 43.3 Å². The van der Waals surface area contributed by atoms with Crippen LogP contribution in [0.15, 0.2) is 75.6 Å². The first-order valence-electron chi connectivity index (χ1n) is 9.24. The molecule has 3 aromatic carbocycles. The SMILES string of the molecule is Cc1ccc(Sc2ccc(/C=N/NC(=O)COc3ccc(Cl)cc3Cl)cc2[N+](=O)[O-])cc1. The molecule has 0 aliphatic carbocycles. The van der Waals surface area contributed by atoms with Crippen LogP contribution in [0, 0.1) is 17.0 Å². The van der Waals surface area contributed by atoms with E-state index in [1.165, 1.54) is 30.1 Å². The molecule has 0 aromatic heterocycles. The molecule has 10 heteroatoms. The molecule has 0 heterocycles. The van der Waals surface area contributed by atoms with E-state index in [0.29, 0.717) is 21.2 Å². The summed E-state index contributed by atoms with van der Waals surface area (Å²) in [5, 5.41) is 16.1. The second-order valence-electron chi connectivity index (χ2n) is 6.56. The number of ether oxygens (including phenoxy) is 1. The molecule has 0 saturated carbocycles. The fourth-order valence-electron chi connectivity index (χ4n) is 2.52. The summed E-state index contributed by atoms with van der Waals surface area (Å²) in [6.45, 7) is 1.66. The summed E-state index contributed by atoms with van der Waals surface area (Å²) in [6, 6.07) is 17.1. The number of nitro benzene ring substituents is 1. The zero-order valence-corrected chi connectivity index (χ0v) is 19.1. The first kappa shape index (κ1) is 23.6. The van der Waals surface area contributed by atoms with Crippen LogP contribution in [0.3, 0.4) is 0 Å². The predicted molar refractivity (Wildman–Crippen MR) is 126 cm³/mol. The van der Waals surface area contributed by atoms with Gasteiger partial charge in [-0.3, -0.25) is 14.9 Å². The van der Waals surface area contributed by atoms with E-state index < -0.39 is 10.8 Å². The van der Waals surface area contributed by atoms with E-state index >= 15 is 0 Å². The molecule has 1 N–H and O–H groups in total. The van der Waals surface area contributed by atoms with Crippen molar-refractivity contribution in [3.8, 4) is 5.75 Å². The van der Waals surface area contributed by atoms with E-state index in [0.717, 1.165) is 10.5 Å².